The number of carbonyl (C=O) groups excluding carboxylic acids is 1. The molecule has 212 valence electrons. The Hall–Kier alpha value is -2.83. The van der Waals surface area contributed by atoms with Crippen molar-refractivity contribution in [3.05, 3.63) is 78.9 Å². The van der Waals surface area contributed by atoms with Crippen LogP contribution in [0, 0.1) is 29.6 Å². The van der Waals surface area contributed by atoms with E-state index in [9.17, 15) is 15.0 Å². The first-order valence-corrected chi connectivity index (χ1v) is 13.6. The van der Waals surface area contributed by atoms with Crippen molar-refractivity contribution in [1.82, 2.24) is 0 Å². The smallest absolute Gasteiger partial charge is 0.404 e. The average Bonchev–Trinajstić information content (AvgIpc) is 2.91. The van der Waals surface area contributed by atoms with Gasteiger partial charge in [0.15, 0.2) is 0 Å². The first-order chi connectivity index (χ1) is 18.0. The molecule has 1 aromatic carbocycles. The van der Waals surface area contributed by atoms with Crippen LogP contribution in [-0.2, 0) is 11.2 Å². The van der Waals surface area contributed by atoms with Crippen molar-refractivity contribution >= 4 is 6.09 Å². The Labute approximate surface area is 229 Å². The summed E-state index contributed by atoms with van der Waals surface area (Å²) in [6.45, 7) is 13.4. The van der Waals surface area contributed by atoms with E-state index in [0.717, 1.165) is 18.6 Å². The first-order valence-electron chi connectivity index (χ1n) is 13.6. The van der Waals surface area contributed by atoms with E-state index < -0.39 is 24.4 Å². The number of methoxy groups -OCH3 is 1. The molecule has 0 spiro atoms. The van der Waals surface area contributed by atoms with Gasteiger partial charge in [0, 0.05) is 23.7 Å². The zero-order valence-electron chi connectivity index (χ0n) is 24.0. The standard InChI is InChI=1S/C32H49NO5/c1-8-9-14-25(5)31(38-32(33)36)26(6)30(35)24(4)17-12-16-23(3)29(34)22(2)15-10-11-18-27-19-13-20-28(21-27)37-7/h8-10,12-16,19-26,29-31,34-35H,1,11,17-18H2,2-7H3,(H2,33,36)/b14-9-,15-10-,16-12-/t22-,23-,24-,25-,26-,29-,30+,31-/m0/s1. The highest BCUT2D eigenvalue weighted by Crippen LogP contribution is 2.27. The SMILES string of the molecule is C=C/C=C\[C@H](C)[C@H](OC(N)=O)[C@@H](C)[C@H](O)[C@@H](C)C/C=C\[C@H](C)[C@@H](O)[C@@H](C)/C=C\CCc1cccc(OC)c1. The Balaban J connectivity index is 2.60. The molecule has 1 amide bonds. The monoisotopic (exact) mass is 527 g/mol. The molecule has 4 N–H and O–H groups in total. The molecule has 0 fully saturated rings. The van der Waals surface area contributed by atoms with Crippen molar-refractivity contribution in [1.29, 1.82) is 0 Å². The predicted octanol–water partition coefficient (Wildman–Crippen LogP) is 6.24. The summed E-state index contributed by atoms with van der Waals surface area (Å²) in [6.07, 6.45) is 13.4. The summed E-state index contributed by atoms with van der Waals surface area (Å²) < 4.78 is 10.6. The third-order valence-electron chi connectivity index (χ3n) is 7.16. The van der Waals surface area contributed by atoms with Crippen molar-refractivity contribution in [2.75, 3.05) is 7.11 Å². The summed E-state index contributed by atoms with van der Waals surface area (Å²) in [5.41, 5.74) is 6.51. The van der Waals surface area contributed by atoms with E-state index in [1.54, 1.807) is 19.3 Å². The van der Waals surface area contributed by atoms with Crippen molar-refractivity contribution in [3.63, 3.8) is 0 Å². The van der Waals surface area contributed by atoms with Crippen LogP contribution < -0.4 is 10.5 Å². The number of aliphatic hydroxyl groups is 2. The molecular weight excluding hydrogens is 478 g/mol. The second-order valence-corrected chi connectivity index (χ2v) is 10.4. The van der Waals surface area contributed by atoms with Gasteiger partial charge in [-0.15, -0.1) is 0 Å². The summed E-state index contributed by atoms with van der Waals surface area (Å²) in [5.74, 6) is 0.313. The lowest BCUT2D eigenvalue weighted by Crippen LogP contribution is -2.41. The number of allylic oxidation sites excluding steroid dienone is 4. The van der Waals surface area contributed by atoms with Gasteiger partial charge in [-0.1, -0.05) is 95.9 Å². The number of hydrogen-bond acceptors (Lipinski definition) is 5. The van der Waals surface area contributed by atoms with Gasteiger partial charge in [0.1, 0.15) is 11.9 Å². The minimum atomic E-state index is -0.855. The van der Waals surface area contributed by atoms with Crippen LogP contribution in [0.2, 0.25) is 0 Å². The number of primary amides is 1. The highest BCUT2D eigenvalue weighted by atomic mass is 16.6. The van der Waals surface area contributed by atoms with E-state index >= 15 is 0 Å². The minimum absolute atomic E-state index is 0.0137. The minimum Gasteiger partial charge on any atom is -0.497 e. The van der Waals surface area contributed by atoms with E-state index in [4.69, 9.17) is 15.2 Å². The molecule has 0 aliphatic rings. The topological polar surface area (TPSA) is 102 Å². The number of ether oxygens (including phenoxy) is 2. The molecule has 0 saturated carbocycles. The maximum absolute atomic E-state index is 11.5. The Morgan fingerprint density at radius 1 is 1.00 bits per heavy atom. The molecule has 0 aliphatic carbocycles. The lowest BCUT2D eigenvalue weighted by atomic mass is 9.82. The lowest BCUT2D eigenvalue weighted by Gasteiger charge is -2.33. The van der Waals surface area contributed by atoms with Crippen molar-refractivity contribution in [2.45, 2.75) is 72.2 Å². The van der Waals surface area contributed by atoms with Crippen LogP contribution in [0.5, 0.6) is 5.75 Å². The van der Waals surface area contributed by atoms with Gasteiger partial charge >= 0.3 is 6.09 Å². The summed E-state index contributed by atoms with van der Waals surface area (Å²) in [4.78, 5) is 11.5. The van der Waals surface area contributed by atoms with E-state index in [1.807, 2.05) is 71.0 Å². The van der Waals surface area contributed by atoms with Crippen LogP contribution >= 0.6 is 0 Å². The maximum Gasteiger partial charge on any atom is 0.404 e. The normalized spacial score (nSPS) is 18.5. The number of benzene rings is 1. The van der Waals surface area contributed by atoms with Gasteiger partial charge in [0.2, 0.25) is 0 Å². The Kier molecular flexibility index (Phi) is 15.4. The maximum atomic E-state index is 11.5. The molecule has 0 aromatic heterocycles. The largest absolute Gasteiger partial charge is 0.497 e. The molecule has 0 saturated heterocycles. The van der Waals surface area contributed by atoms with Crippen LogP contribution in [0.1, 0.15) is 53.0 Å². The number of nitrogens with two attached hydrogens (primary N) is 1. The molecule has 0 radical (unpaired) electrons. The van der Waals surface area contributed by atoms with Crippen LogP contribution in [0.3, 0.4) is 0 Å². The van der Waals surface area contributed by atoms with Crippen LogP contribution in [0.4, 0.5) is 4.79 Å². The third-order valence-corrected chi connectivity index (χ3v) is 7.16. The lowest BCUT2D eigenvalue weighted by molar-refractivity contribution is -0.0261. The molecule has 6 heteroatoms. The van der Waals surface area contributed by atoms with E-state index in [-0.39, 0.29) is 29.6 Å². The highest BCUT2D eigenvalue weighted by molar-refractivity contribution is 5.64. The number of aryl methyl sites for hydroxylation is 1. The molecule has 0 bridgehead atoms. The average molecular weight is 528 g/mol. The molecule has 38 heavy (non-hydrogen) atoms. The van der Waals surface area contributed by atoms with Gasteiger partial charge in [-0.25, -0.2) is 4.79 Å². The van der Waals surface area contributed by atoms with E-state index in [2.05, 4.69) is 24.8 Å². The van der Waals surface area contributed by atoms with Gasteiger partial charge < -0.3 is 25.4 Å². The molecule has 6 nitrogen and oxygen atoms in total. The molecule has 1 rings (SSSR count). The zero-order chi connectivity index (χ0) is 28.7. The molecule has 1 aromatic rings. The van der Waals surface area contributed by atoms with Gasteiger partial charge in [-0.3, -0.25) is 0 Å². The molecule has 0 heterocycles. The summed E-state index contributed by atoms with van der Waals surface area (Å²) in [5, 5.41) is 21.7. The van der Waals surface area contributed by atoms with Gasteiger partial charge in [0.25, 0.3) is 0 Å². The number of amides is 1. The van der Waals surface area contributed by atoms with E-state index in [0.29, 0.717) is 6.42 Å². The molecular formula is C32H49NO5. The Morgan fingerprint density at radius 3 is 2.26 bits per heavy atom. The zero-order valence-corrected chi connectivity index (χ0v) is 24.0. The fourth-order valence-electron chi connectivity index (χ4n) is 4.65. The van der Waals surface area contributed by atoms with Crippen LogP contribution in [-0.4, -0.2) is 41.7 Å². The van der Waals surface area contributed by atoms with Crippen molar-refractivity contribution < 1.29 is 24.5 Å². The van der Waals surface area contributed by atoms with E-state index in [1.165, 1.54) is 5.56 Å². The number of hydrogen-bond donors (Lipinski definition) is 3. The number of aliphatic hydroxyl groups excluding tert-OH is 2. The summed E-state index contributed by atoms with van der Waals surface area (Å²) in [6, 6.07) is 8.07. The molecule has 8 atom stereocenters. The van der Waals surface area contributed by atoms with Crippen LogP contribution in [0.15, 0.2) is 73.4 Å². The van der Waals surface area contributed by atoms with Gasteiger partial charge in [-0.05, 0) is 42.9 Å². The van der Waals surface area contributed by atoms with Crippen LogP contribution in [0.25, 0.3) is 0 Å². The summed E-state index contributed by atoms with van der Waals surface area (Å²) >= 11 is 0. The first kappa shape index (κ1) is 33.2. The number of carbonyl (C=O) groups is 1. The predicted molar refractivity (Wildman–Crippen MR) is 156 cm³/mol. The Bertz CT molecular complexity index is 924. The molecule has 0 unspecified atom stereocenters. The second-order valence-electron chi connectivity index (χ2n) is 10.4. The fourth-order valence-corrected chi connectivity index (χ4v) is 4.65. The third kappa shape index (κ3) is 11.7. The number of rotatable bonds is 17. The second kappa shape index (κ2) is 17.6. The van der Waals surface area contributed by atoms with Crippen molar-refractivity contribution in [3.8, 4) is 5.75 Å². The van der Waals surface area contributed by atoms with Gasteiger partial charge in [0.05, 0.1) is 19.3 Å². The Morgan fingerprint density at radius 2 is 1.66 bits per heavy atom. The summed E-state index contributed by atoms with van der Waals surface area (Å²) in [7, 11) is 1.67. The highest BCUT2D eigenvalue weighted by Gasteiger charge is 2.33. The van der Waals surface area contributed by atoms with Crippen molar-refractivity contribution in [2.24, 2.45) is 35.3 Å². The molecule has 0 aliphatic heterocycles. The fraction of sp³-hybridized carbons (Fsp3) is 0.531. The van der Waals surface area contributed by atoms with Gasteiger partial charge in [-0.2, -0.15) is 0 Å². The quantitative estimate of drug-likeness (QED) is 0.164.